The standard InChI is InChI=1S/C13H28O2Si/c1-11(2)12(8-9-14)10-15-16(6,7)13(3,4)5/h9,11-12H,8,10H2,1-7H3/t12-/m1/s1. The van der Waals surface area contributed by atoms with Crippen LogP contribution in [0.3, 0.4) is 0 Å². The normalized spacial score (nSPS) is 15.2. The van der Waals surface area contributed by atoms with Crippen molar-refractivity contribution in [2.75, 3.05) is 6.61 Å². The second-order valence-corrected chi connectivity index (χ2v) is 11.3. The van der Waals surface area contributed by atoms with E-state index in [-0.39, 0.29) is 5.04 Å². The summed E-state index contributed by atoms with van der Waals surface area (Å²) in [6, 6.07) is 0. The van der Waals surface area contributed by atoms with E-state index in [2.05, 4.69) is 47.7 Å². The van der Waals surface area contributed by atoms with Gasteiger partial charge in [-0.3, -0.25) is 0 Å². The van der Waals surface area contributed by atoms with Crippen molar-refractivity contribution in [3.05, 3.63) is 0 Å². The largest absolute Gasteiger partial charge is 0.417 e. The Morgan fingerprint density at radius 2 is 1.75 bits per heavy atom. The van der Waals surface area contributed by atoms with Crippen LogP contribution in [-0.4, -0.2) is 21.2 Å². The summed E-state index contributed by atoms with van der Waals surface area (Å²) in [5.41, 5.74) is 0. The number of hydrogen-bond acceptors (Lipinski definition) is 2. The first-order chi connectivity index (χ1) is 7.12. The van der Waals surface area contributed by atoms with Gasteiger partial charge in [0.15, 0.2) is 8.32 Å². The molecule has 0 aromatic carbocycles. The van der Waals surface area contributed by atoms with Crippen LogP contribution in [-0.2, 0) is 9.22 Å². The molecule has 0 aliphatic carbocycles. The second kappa shape index (κ2) is 5.96. The van der Waals surface area contributed by atoms with Gasteiger partial charge in [0.2, 0.25) is 0 Å². The number of hydrogen-bond donors (Lipinski definition) is 0. The average molecular weight is 244 g/mol. The molecule has 0 heterocycles. The molecule has 0 bridgehead atoms. The minimum Gasteiger partial charge on any atom is -0.417 e. The Morgan fingerprint density at radius 3 is 2.06 bits per heavy atom. The molecule has 0 amide bonds. The van der Waals surface area contributed by atoms with Crippen LogP contribution in [0.15, 0.2) is 0 Å². The van der Waals surface area contributed by atoms with E-state index in [0.717, 1.165) is 12.9 Å². The molecule has 96 valence electrons. The molecule has 2 nitrogen and oxygen atoms in total. The summed E-state index contributed by atoms with van der Waals surface area (Å²) >= 11 is 0. The van der Waals surface area contributed by atoms with Crippen LogP contribution in [0.5, 0.6) is 0 Å². The van der Waals surface area contributed by atoms with E-state index in [1.807, 2.05) is 0 Å². The van der Waals surface area contributed by atoms with Crippen molar-refractivity contribution < 1.29 is 9.22 Å². The smallest absolute Gasteiger partial charge is 0.191 e. The van der Waals surface area contributed by atoms with Crippen molar-refractivity contribution in [3.63, 3.8) is 0 Å². The minimum atomic E-state index is -1.66. The molecular weight excluding hydrogens is 216 g/mol. The van der Waals surface area contributed by atoms with Crippen LogP contribution in [0.2, 0.25) is 18.1 Å². The van der Waals surface area contributed by atoms with Crippen LogP contribution in [0, 0.1) is 11.8 Å². The van der Waals surface area contributed by atoms with E-state index >= 15 is 0 Å². The summed E-state index contributed by atoms with van der Waals surface area (Å²) in [4.78, 5) is 10.6. The first-order valence-corrected chi connectivity index (χ1v) is 9.10. The fraction of sp³-hybridized carbons (Fsp3) is 0.923. The lowest BCUT2D eigenvalue weighted by molar-refractivity contribution is -0.109. The van der Waals surface area contributed by atoms with Gasteiger partial charge in [-0.1, -0.05) is 34.6 Å². The predicted molar refractivity (Wildman–Crippen MR) is 72.2 cm³/mol. The molecule has 0 radical (unpaired) electrons. The Hall–Kier alpha value is -0.153. The fourth-order valence-corrected chi connectivity index (χ4v) is 2.25. The highest BCUT2D eigenvalue weighted by Gasteiger charge is 2.37. The topological polar surface area (TPSA) is 26.3 Å². The summed E-state index contributed by atoms with van der Waals surface area (Å²) in [5, 5.41) is 0.246. The summed E-state index contributed by atoms with van der Waals surface area (Å²) < 4.78 is 6.15. The first kappa shape index (κ1) is 15.8. The van der Waals surface area contributed by atoms with Crippen LogP contribution >= 0.6 is 0 Å². The molecule has 1 atom stereocenters. The van der Waals surface area contributed by atoms with Gasteiger partial charge in [0.1, 0.15) is 6.29 Å². The van der Waals surface area contributed by atoms with E-state index in [1.165, 1.54) is 0 Å². The van der Waals surface area contributed by atoms with Gasteiger partial charge in [-0.25, -0.2) is 0 Å². The summed E-state index contributed by atoms with van der Waals surface area (Å²) in [5.74, 6) is 0.876. The molecule has 0 rings (SSSR count). The summed E-state index contributed by atoms with van der Waals surface area (Å²) in [6.07, 6.45) is 1.63. The molecule has 16 heavy (non-hydrogen) atoms. The Bertz CT molecular complexity index is 216. The molecule has 0 aliphatic rings. The van der Waals surface area contributed by atoms with Crippen molar-refractivity contribution in [3.8, 4) is 0 Å². The lowest BCUT2D eigenvalue weighted by Crippen LogP contribution is -2.42. The average Bonchev–Trinajstić information content (AvgIpc) is 2.09. The van der Waals surface area contributed by atoms with E-state index in [0.29, 0.717) is 18.3 Å². The van der Waals surface area contributed by atoms with Crippen molar-refractivity contribution >= 4 is 14.6 Å². The predicted octanol–water partition coefficient (Wildman–Crippen LogP) is 3.87. The van der Waals surface area contributed by atoms with Crippen molar-refractivity contribution in [1.29, 1.82) is 0 Å². The highest BCUT2D eigenvalue weighted by Crippen LogP contribution is 2.37. The van der Waals surface area contributed by atoms with Gasteiger partial charge in [0.25, 0.3) is 0 Å². The molecule has 0 aromatic rings. The fourth-order valence-electron chi connectivity index (χ4n) is 1.19. The van der Waals surface area contributed by atoms with E-state index in [4.69, 9.17) is 4.43 Å². The van der Waals surface area contributed by atoms with Gasteiger partial charge in [-0.2, -0.15) is 0 Å². The Balaban J connectivity index is 4.35. The monoisotopic (exact) mass is 244 g/mol. The quantitative estimate of drug-likeness (QED) is 0.524. The zero-order valence-electron chi connectivity index (χ0n) is 12.0. The first-order valence-electron chi connectivity index (χ1n) is 6.19. The molecule has 0 spiro atoms. The maximum Gasteiger partial charge on any atom is 0.191 e. The third-order valence-corrected chi connectivity index (χ3v) is 8.31. The van der Waals surface area contributed by atoms with Crippen molar-refractivity contribution in [1.82, 2.24) is 0 Å². The molecule has 0 saturated carbocycles. The number of carbonyl (C=O) groups is 1. The van der Waals surface area contributed by atoms with E-state index in [1.54, 1.807) is 0 Å². The minimum absolute atomic E-state index is 0.246. The van der Waals surface area contributed by atoms with Gasteiger partial charge >= 0.3 is 0 Å². The lowest BCUT2D eigenvalue weighted by atomic mass is 9.94. The zero-order valence-corrected chi connectivity index (χ0v) is 13.0. The van der Waals surface area contributed by atoms with Crippen LogP contribution in [0.25, 0.3) is 0 Å². The zero-order chi connectivity index (χ0) is 13.0. The third-order valence-electron chi connectivity index (χ3n) is 3.81. The van der Waals surface area contributed by atoms with Crippen LogP contribution in [0.4, 0.5) is 0 Å². The maximum atomic E-state index is 10.6. The molecular formula is C13H28O2Si. The summed E-state index contributed by atoms with van der Waals surface area (Å²) in [7, 11) is -1.66. The highest BCUT2D eigenvalue weighted by atomic mass is 28.4. The second-order valence-electron chi connectivity index (χ2n) is 6.48. The third kappa shape index (κ3) is 4.79. The van der Waals surface area contributed by atoms with Crippen LogP contribution < -0.4 is 0 Å². The summed E-state index contributed by atoms with van der Waals surface area (Å²) in [6.45, 7) is 16.3. The number of carbonyl (C=O) groups excluding carboxylic acids is 1. The van der Waals surface area contributed by atoms with Crippen molar-refractivity contribution in [2.45, 2.75) is 59.2 Å². The molecule has 0 saturated heterocycles. The maximum absolute atomic E-state index is 10.6. The van der Waals surface area contributed by atoms with Gasteiger partial charge in [-0.15, -0.1) is 0 Å². The highest BCUT2D eigenvalue weighted by molar-refractivity contribution is 6.74. The van der Waals surface area contributed by atoms with Gasteiger partial charge in [0, 0.05) is 13.0 Å². The molecule has 3 heteroatoms. The Kier molecular flexibility index (Phi) is 5.91. The number of rotatable bonds is 6. The van der Waals surface area contributed by atoms with Gasteiger partial charge < -0.3 is 9.22 Å². The Labute approximate surface area is 102 Å². The SMILES string of the molecule is CC(C)[C@H](CC=O)CO[Si](C)(C)C(C)(C)C. The van der Waals surface area contributed by atoms with Gasteiger partial charge in [-0.05, 0) is 30.0 Å². The van der Waals surface area contributed by atoms with Crippen LogP contribution in [0.1, 0.15) is 41.0 Å². The Morgan fingerprint density at radius 1 is 1.25 bits per heavy atom. The molecule has 0 unspecified atom stereocenters. The number of aldehydes is 1. The molecule has 0 aromatic heterocycles. The molecule has 0 N–H and O–H groups in total. The molecule has 0 fully saturated rings. The van der Waals surface area contributed by atoms with E-state index < -0.39 is 8.32 Å². The van der Waals surface area contributed by atoms with Crippen molar-refractivity contribution in [2.24, 2.45) is 11.8 Å². The molecule has 0 aliphatic heterocycles. The van der Waals surface area contributed by atoms with E-state index in [9.17, 15) is 4.79 Å². The van der Waals surface area contributed by atoms with Gasteiger partial charge in [0.05, 0.1) is 0 Å². The lowest BCUT2D eigenvalue weighted by Gasteiger charge is -2.37.